The fourth-order valence-electron chi connectivity index (χ4n) is 3.15. The lowest BCUT2D eigenvalue weighted by molar-refractivity contribution is -0.122. The molecule has 2 aliphatic rings. The van der Waals surface area contributed by atoms with Gasteiger partial charge in [0.1, 0.15) is 0 Å². The average molecular weight is 239 g/mol. The molecule has 0 aromatic heterocycles. The maximum atomic E-state index is 11.8. The standard InChI is InChI=1S/C13H25N3O/c1-3-9(2)15-13(17)8-16-6-10-4-5-12(14)11(10)7-16/h9-12H,3-8,14H2,1-2H3,(H,15,17). The van der Waals surface area contributed by atoms with Crippen LogP contribution in [-0.4, -0.2) is 42.5 Å². The fourth-order valence-corrected chi connectivity index (χ4v) is 3.15. The van der Waals surface area contributed by atoms with Gasteiger partial charge < -0.3 is 11.1 Å². The molecule has 0 aromatic carbocycles. The molecule has 0 radical (unpaired) electrons. The lowest BCUT2D eigenvalue weighted by Gasteiger charge is -2.19. The van der Waals surface area contributed by atoms with Gasteiger partial charge in [-0.15, -0.1) is 0 Å². The van der Waals surface area contributed by atoms with Gasteiger partial charge in [0.25, 0.3) is 0 Å². The fraction of sp³-hybridized carbons (Fsp3) is 0.923. The zero-order valence-corrected chi connectivity index (χ0v) is 11.0. The topological polar surface area (TPSA) is 58.4 Å². The van der Waals surface area contributed by atoms with E-state index in [0.717, 1.165) is 25.4 Å². The third-order valence-corrected chi connectivity index (χ3v) is 4.37. The van der Waals surface area contributed by atoms with Crippen molar-refractivity contribution in [1.29, 1.82) is 0 Å². The highest BCUT2D eigenvalue weighted by atomic mass is 16.2. The van der Waals surface area contributed by atoms with Gasteiger partial charge in [0.05, 0.1) is 6.54 Å². The van der Waals surface area contributed by atoms with Crippen molar-refractivity contribution >= 4 is 5.91 Å². The Bertz CT molecular complexity index is 282. The van der Waals surface area contributed by atoms with Crippen LogP contribution in [0, 0.1) is 11.8 Å². The van der Waals surface area contributed by atoms with Gasteiger partial charge in [-0.2, -0.15) is 0 Å². The molecule has 17 heavy (non-hydrogen) atoms. The number of nitrogens with one attached hydrogen (secondary N) is 1. The molecule has 4 atom stereocenters. The first kappa shape index (κ1) is 12.8. The lowest BCUT2D eigenvalue weighted by Crippen LogP contribution is -2.41. The number of rotatable bonds is 4. The highest BCUT2D eigenvalue weighted by Gasteiger charge is 2.41. The first-order valence-electron chi connectivity index (χ1n) is 6.87. The Morgan fingerprint density at radius 1 is 1.47 bits per heavy atom. The van der Waals surface area contributed by atoms with E-state index in [1.54, 1.807) is 0 Å². The molecule has 1 heterocycles. The van der Waals surface area contributed by atoms with Crippen LogP contribution >= 0.6 is 0 Å². The van der Waals surface area contributed by atoms with Crippen molar-refractivity contribution in [1.82, 2.24) is 10.2 Å². The predicted molar refractivity (Wildman–Crippen MR) is 68.5 cm³/mol. The molecular formula is C13H25N3O. The molecule has 2 rings (SSSR count). The largest absolute Gasteiger partial charge is 0.353 e. The van der Waals surface area contributed by atoms with E-state index < -0.39 is 0 Å². The number of hydrogen-bond acceptors (Lipinski definition) is 3. The Kier molecular flexibility index (Phi) is 4.05. The predicted octanol–water partition coefficient (Wildman–Crippen LogP) is 0.570. The van der Waals surface area contributed by atoms with Crippen molar-refractivity contribution in [3.63, 3.8) is 0 Å². The van der Waals surface area contributed by atoms with Crippen molar-refractivity contribution in [3.05, 3.63) is 0 Å². The quantitative estimate of drug-likeness (QED) is 0.754. The van der Waals surface area contributed by atoms with Crippen LogP contribution in [0.2, 0.25) is 0 Å². The molecule has 0 bridgehead atoms. The number of carbonyl (C=O) groups excluding carboxylic acids is 1. The SMILES string of the molecule is CCC(C)NC(=O)CN1CC2CCC(N)C2C1. The van der Waals surface area contributed by atoms with Crippen molar-refractivity contribution in [2.45, 2.75) is 45.2 Å². The molecule has 98 valence electrons. The first-order valence-corrected chi connectivity index (χ1v) is 6.87. The summed E-state index contributed by atoms with van der Waals surface area (Å²) < 4.78 is 0. The number of amides is 1. The van der Waals surface area contributed by atoms with Crippen LogP contribution in [0.1, 0.15) is 33.1 Å². The van der Waals surface area contributed by atoms with Gasteiger partial charge in [0, 0.05) is 25.2 Å². The summed E-state index contributed by atoms with van der Waals surface area (Å²) in [5.41, 5.74) is 6.09. The summed E-state index contributed by atoms with van der Waals surface area (Å²) in [5.74, 6) is 1.53. The van der Waals surface area contributed by atoms with E-state index in [9.17, 15) is 4.79 Å². The number of nitrogens with zero attached hydrogens (tertiary/aromatic N) is 1. The summed E-state index contributed by atoms with van der Waals surface area (Å²) in [4.78, 5) is 14.1. The van der Waals surface area contributed by atoms with Crippen molar-refractivity contribution in [2.24, 2.45) is 17.6 Å². The van der Waals surface area contributed by atoms with Crippen LogP contribution in [0.5, 0.6) is 0 Å². The Hall–Kier alpha value is -0.610. The molecule has 1 saturated heterocycles. The van der Waals surface area contributed by atoms with Crippen LogP contribution in [0.15, 0.2) is 0 Å². The molecule has 0 spiro atoms. The van der Waals surface area contributed by atoms with E-state index in [4.69, 9.17) is 5.73 Å². The highest BCUT2D eigenvalue weighted by molar-refractivity contribution is 5.78. The van der Waals surface area contributed by atoms with Gasteiger partial charge in [0.15, 0.2) is 0 Å². The molecule has 2 fully saturated rings. The monoisotopic (exact) mass is 239 g/mol. The molecular weight excluding hydrogens is 214 g/mol. The molecule has 1 aliphatic heterocycles. The maximum Gasteiger partial charge on any atom is 0.234 e. The number of likely N-dealkylation sites (tertiary alicyclic amines) is 1. The van der Waals surface area contributed by atoms with Crippen LogP contribution in [0.3, 0.4) is 0 Å². The zero-order chi connectivity index (χ0) is 12.4. The van der Waals surface area contributed by atoms with E-state index in [0.29, 0.717) is 18.5 Å². The Morgan fingerprint density at radius 2 is 2.24 bits per heavy atom. The third-order valence-electron chi connectivity index (χ3n) is 4.37. The number of hydrogen-bond donors (Lipinski definition) is 2. The molecule has 4 unspecified atom stereocenters. The van der Waals surface area contributed by atoms with Gasteiger partial charge in [-0.1, -0.05) is 6.92 Å². The second-order valence-corrected chi connectivity index (χ2v) is 5.74. The smallest absolute Gasteiger partial charge is 0.234 e. The molecule has 1 aliphatic carbocycles. The molecule has 1 saturated carbocycles. The first-order chi connectivity index (χ1) is 8.10. The van der Waals surface area contributed by atoms with Crippen molar-refractivity contribution in [3.8, 4) is 0 Å². The van der Waals surface area contributed by atoms with Gasteiger partial charge >= 0.3 is 0 Å². The molecule has 4 nitrogen and oxygen atoms in total. The van der Waals surface area contributed by atoms with Crippen LogP contribution in [0.25, 0.3) is 0 Å². The van der Waals surface area contributed by atoms with Crippen molar-refractivity contribution < 1.29 is 4.79 Å². The molecule has 3 N–H and O–H groups in total. The van der Waals surface area contributed by atoms with E-state index >= 15 is 0 Å². The van der Waals surface area contributed by atoms with E-state index in [1.807, 2.05) is 6.92 Å². The van der Waals surface area contributed by atoms with E-state index in [-0.39, 0.29) is 11.9 Å². The molecule has 4 heteroatoms. The van der Waals surface area contributed by atoms with Gasteiger partial charge in [0.2, 0.25) is 5.91 Å². The Morgan fingerprint density at radius 3 is 2.88 bits per heavy atom. The second-order valence-electron chi connectivity index (χ2n) is 5.74. The molecule has 0 aromatic rings. The van der Waals surface area contributed by atoms with Gasteiger partial charge in [-0.05, 0) is 38.0 Å². The van der Waals surface area contributed by atoms with Gasteiger partial charge in [-0.25, -0.2) is 0 Å². The van der Waals surface area contributed by atoms with Crippen molar-refractivity contribution in [2.75, 3.05) is 19.6 Å². The number of fused-ring (bicyclic) bond motifs is 1. The number of carbonyl (C=O) groups is 1. The Balaban J connectivity index is 1.76. The molecule has 1 amide bonds. The minimum atomic E-state index is 0.160. The van der Waals surface area contributed by atoms with E-state index in [1.165, 1.54) is 12.8 Å². The summed E-state index contributed by atoms with van der Waals surface area (Å²) in [6.45, 7) is 6.76. The average Bonchev–Trinajstić information content (AvgIpc) is 2.81. The van der Waals surface area contributed by atoms with Crippen LogP contribution in [0.4, 0.5) is 0 Å². The highest BCUT2D eigenvalue weighted by Crippen LogP contribution is 2.36. The summed E-state index contributed by atoms with van der Waals surface area (Å²) in [7, 11) is 0. The summed E-state index contributed by atoms with van der Waals surface area (Å²) in [5, 5.41) is 3.02. The minimum Gasteiger partial charge on any atom is -0.353 e. The minimum absolute atomic E-state index is 0.160. The Labute approximate surface area is 104 Å². The van der Waals surface area contributed by atoms with E-state index in [2.05, 4.69) is 17.1 Å². The number of nitrogens with two attached hydrogens (primary N) is 1. The summed E-state index contributed by atoms with van der Waals surface area (Å²) >= 11 is 0. The second kappa shape index (κ2) is 5.36. The van der Waals surface area contributed by atoms with Crippen LogP contribution in [-0.2, 0) is 4.79 Å². The zero-order valence-electron chi connectivity index (χ0n) is 11.0. The summed E-state index contributed by atoms with van der Waals surface area (Å²) in [6, 6.07) is 0.648. The van der Waals surface area contributed by atoms with Crippen LogP contribution < -0.4 is 11.1 Å². The summed E-state index contributed by atoms with van der Waals surface area (Å²) in [6.07, 6.45) is 3.40. The normalized spacial score (nSPS) is 34.6. The lowest BCUT2D eigenvalue weighted by atomic mass is 9.98. The maximum absolute atomic E-state index is 11.8. The third kappa shape index (κ3) is 2.99. The van der Waals surface area contributed by atoms with Gasteiger partial charge in [-0.3, -0.25) is 9.69 Å².